The van der Waals surface area contributed by atoms with Crippen LogP contribution in [-0.4, -0.2) is 42.4 Å². The van der Waals surface area contributed by atoms with Crippen molar-refractivity contribution in [3.05, 3.63) is 88.6 Å². The summed E-state index contributed by atoms with van der Waals surface area (Å²) in [6.07, 6.45) is 3.97. The van der Waals surface area contributed by atoms with Crippen molar-refractivity contribution in [3.63, 3.8) is 0 Å². The summed E-state index contributed by atoms with van der Waals surface area (Å²) in [6, 6.07) is 11.3. The molecule has 0 saturated carbocycles. The number of amides is 2. The minimum absolute atomic E-state index is 0.0168. The van der Waals surface area contributed by atoms with Gasteiger partial charge in [0.2, 0.25) is 0 Å². The average Bonchev–Trinajstić information content (AvgIpc) is 3.36. The van der Waals surface area contributed by atoms with Gasteiger partial charge in [0.15, 0.2) is 17.4 Å². The molecule has 4 rings (SSSR count). The Morgan fingerprint density at radius 3 is 2.79 bits per heavy atom. The fourth-order valence-corrected chi connectivity index (χ4v) is 2.78. The lowest BCUT2D eigenvalue weighted by Crippen LogP contribution is -2.31. The molecule has 0 bridgehead atoms. The number of hydrogen-bond acceptors (Lipinski definition) is 9. The van der Waals surface area contributed by atoms with Gasteiger partial charge in [-0.25, -0.2) is 14.2 Å². The smallest absolute Gasteiger partial charge is 0.340 e. The van der Waals surface area contributed by atoms with Gasteiger partial charge in [-0.2, -0.15) is 14.8 Å². The zero-order chi connectivity index (χ0) is 24.1. The molecule has 0 saturated heterocycles. The molecule has 13 nitrogen and oxygen atoms in total. The van der Waals surface area contributed by atoms with E-state index in [4.69, 9.17) is 10.5 Å². The molecule has 34 heavy (non-hydrogen) atoms. The number of hydrogen-bond donors (Lipinski definition) is 1. The lowest BCUT2D eigenvalue weighted by molar-refractivity contribution is -0.384. The highest BCUT2D eigenvalue weighted by Crippen LogP contribution is 2.29. The van der Waals surface area contributed by atoms with Crippen LogP contribution in [0.5, 0.6) is 11.5 Å². The topological polar surface area (TPSA) is 168 Å². The lowest BCUT2D eigenvalue weighted by atomic mass is 10.2. The number of nitro benzene ring substituents is 1. The number of nitrogens with two attached hydrogens (primary N) is 1. The third-order valence-electron chi connectivity index (χ3n) is 4.30. The maximum absolute atomic E-state index is 14.8. The summed E-state index contributed by atoms with van der Waals surface area (Å²) in [6.45, 7) is 0. The lowest BCUT2D eigenvalue weighted by Gasteiger charge is -2.15. The number of tetrazole rings is 1. The number of anilines is 1. The summed E-state index contributed by atoms with van der Waals surface area (Å²) in [5.74, 6) is -0.308. The number of non-ortho nitro benzene ring substituents is 1. The van der Waals surface area contributed by atoms with E-state index in [0.717, 1.165) is 11.1 Å². The minimum atomic E-state index is -0.991. The quantitative estimate of drug-likeness (QED) is 0.248. The number of carbonyl (C=O) groups is 1. The molecule has 170 valence electrons. The molecule has 2 heterocycles. The SMILES string of the molecule is NC(=O)N(/N=C/c1cccc([N+](=O)[O-])c1)c1ccc(Oc2ccnc(-n3cnnn3)c2)c(F)c1. The first-order valence-electron chi connectivity index (χ1n) is 9.45. The van der Waals surface area contributed by atoms with Crippen molar-refractivity contribution in [2.75, 3.05) is 5.01 Å². The molecule has 0 aliphatic carbocycles. The Kier molecular flexibility index (Phi) is 6.11. The molecule has 0 atom stereocenters. The summed E-state index contributed by atoms with van der Waals surface area (Å²) < 4.78 is 21.6. The van der Waals surface area contributed by atoms with Crippen LogP contribution in [0.4, 0.5) is 20.6 Å². The Hall–Kier alpha value is -5.27. The second-order valence-electron chi connectivity index (χ2n) is 6.57. The van der Waals surface area contributed by atoms with E-state index in [1.165, 1.54) is 65.9 Å². The van der Waals surface area contributed by atoms with Crippen molar-refractivity contribution in [2.24, 2.45) is 10.8 Å². The Labute approximate surface area is 190 Å². The van der Waals surface area contributed by atoms with Gasteiger partial charge >= 0.3 is 6.03 Å². The third-order valence-corrected chi connectivity index (χ3v) is 4.30. The minimum Gasteiger partial charge on any atom is -0.454 e. The van der Waals surface area contributed by atoms with E-state index < -0.39 is 16.8 Å². The molecule has 2 aromatic heterocycles. The van der Waals surface area contributed by atoms with Crippen LogP contribution in [0.2, 0.25) is 0 Å². The number of nitrogens with zero attached hydrogens (tertiary/aromatic N) is 8. The molecule has 2 N–H and O–H groups in total. The van der Waals surface area contributed by atoms with Crippen molar-refractivity contribution < 1.29 is 18.8 Å². The van der Waals surface area contributed by atoms with Gasteiger partial charge in [0.25, 0.3) is 5.69 Å². The van der Waals surface area contributed by atoms with Gasteiger partial charge in [-0.1, -0.05) is 12.1 Å². The third kappa shape index (κ3) is 4.96. The van der Waals surface area contributed by atoms with E-state index >= 15 is 0 Å². The number of urea groups is 1. The molecule has 0 spiro atoms. The van der Waals surface area contributed by atoms with E-state index in [2.05, 4.69) is 25.6 Å². The van der Waals surface area contributed by atoms with E-state index in [-0.39, 0.29) is 22.9 Å². The zero-order valence-corrected chi connectivity index (χ0v) is 17.1. The standard InChI is InChI=1S/C20H14FN9O4/c21-17-9-14(29(20(22)31)25-11-13-2-1-3-15(8-13)30(32)33)4-5-18(17)34-16-6-7-23-19(10-16)28-12-24-26-27-28/h1-12H,(H2,22,31)/b25-11+. The number of benzene rings is 2. The number of rotatable bonds is 7. The Morgan fingerprint density at radius 2 is 2.09 bits per heavy atom. The molecule has 2 aromatic carbocycles. The van der Waals surface area contributed by atoms with Crippen LogP contribution in [0.25, 0.3) is 5.82 Å². The van der Waals surface area contributed by atoms with Crippen molar-refractivity contribution in [1.82, 2.24) is 25.2 Å². The number of carbonyl (C=O) groups excluding carboxylic acids is 1. The van der Waals surface area contributed by atoms with Crippen molar-refractivity contribution in [2.45, 2.75) is 0 Å². The summed E-state index contributed by atoms with van der Waals surface area (Å²) >= 11 is 0. The highest BCUT2D eigenvalue weighted by Gasteiger charge is 2.15. The summed E-state index contributed by atoms with van der Waals surface area (Å²) in [5, 5.41) is 26.3. The number of primary amides is 1. The van der Waals surface area contributed by atoms with E-state index in [1.807, 2.05) is 0 Å². The van der Waals surface area contributed by atoms with E-state index in [1.54, 1.807) is 6.07 Å². The second-order valence-corrected chi connectivity index (χ2v) is 6.57. The molecule has 4 aromatic rings. The molecule has 14 heteroatoms. The molecule has 0 radical (unpaired) electrons. The van der Waals surface area contributed by atoms with Crippen LogP contribution < -0.4 is 15.5 Å². The molecule has 0 aliphatic rings. The molecule has 0 aliphatic heterocycles. The van der Waals surface area contributed by atoms with Gasteiger partial charge < -0.3 is 10.5 Å². The number of halogens is 1. The van der Waals surface area contributed by atoms with Crippen molar-refractivity contribution in [1.29, 1.82) is 0 Å². The van der Waals surface area contributed by atoms with E-state index in [9.17, 15) is 19.3 Å². The fraction of sp³-hybridized carbons (Fsp3) is 0. The van der Waals surface area contributed by atoms with Crippen LogP contribution in [-0.2, 0) is 0 Å². The number of hydrazone groups is 1. The number of aromatic nitrogens is 5. The highest BCUT2D eigenvalue weighted by atomic mass is 19.1. The number of nitro groups is 1. The second kappa shape index (κ2) is 9.47. The molecule has 2 amide bonds. The molecule has 0 fully saturated rings. The van der Waals surface area contributed by atoms with Crippen LogP contribution >= 0.6 is 0 Å². The Morgan fingerprint density at radius 1 is 1.24 bits per heavy atom. The van der Waals surface area contributed by atoms with Gasteiger partial charge in [0, 0.05) is 36.0 Å². The van der Waals surface area contributed by atoms with Gasteiger partial charge in [-0.05, 0) is 28.6 Å². The highest BCUT2D eigenvalue weighted by molar-refractivity contribution is 5.93. The maximum atomic E-state index is 14.8. The molecular formula is C20H14FN9O4. The van der Waals surface area contributed by atoms with Gasteiger partial charge in [0.05, 0.1) is 16.8 Å². The first kappa shape index (κ1) is 21.9. The van der Waals surface area contributed by atoms with Crippen LogP contribution in [0, 0.1) is 15.9 Å². The maximum Gasteiger partial charge on any atom is 0.340 e. The van der Waals surface area contributed by atoms with Gasteiger partial charge in [0.1, 0.15) is 12.1 Å². The summed E-state index contributed by atoms with van der Waals surface area (Å²) in [7, 11) is 0. The normalized spacial score (nSPS) is 10.9. The predicted octanol–water partition coefficient (Wildman–Crippen LogP) is 2.82. The van der Waals surface area contributed by atoms with Crippen molar-refractivity contribution >= 4 is 23.6 Å². The largest absolute Gasteiger partial charge is 0.454 e. The number of ether oxygens (including phenoxy) is 1. The first-order valence-corrected chi connectivity index (χ1v) is 9.45. The molecular weight excluding hydrogens is 449 g/mol. The van der Waals surface area contributed by atoms with Crippen LogP contribution in [0.1, 0.15) is 5.56 Å². The summed E-state index contributed by atoms with van der Waals surface area (Å²) in [5.41, 5.74) is 5.58. The predicted molar refractivity (Wildman–Crippen MR) is 116 cm³/mol. The Balaban J connectivity index is 1.55. The van der Waals surface area contributed by atoms with Gasteiger partial charge in [-0.15, -0.1) is 5.10 Å². The zero-order valence-electron chi connectivity index (χ0n) is 17.1. The van der Waals surface area contributed by atoms with E-state index in [0.29, 0.717) is 11.4 Å². The Bertz CT molecular complexity index is 1380. The van der Waals surface area contributed by atoms with Gasteiger partial charge in [-0.3, -0.25) is 10.1 Å². The number of pyridine rings is 1. The fourth-order valence-electron chi connectivity index (χ4n) is 2.78. The monoisotopic (exact) mass is 463 g/mol. The van der Waals surface area contributed by atoms with Crippen LogP contribution in [0.3, 0.4) is 0 Å². The molecule has 0 unspecified atom stereocenters. The summed E-state index contributed by atoms with van der Waals surface area (Å²) in [4.78, 5) is 26.3. The van der Waals surface area contributed by atoms with Crippen LogP contribution in [0.15, 0.2) is 72.2 Å². The first-order chi connectivity index (χ1) is 16.4. The van der Waals surface area contributed by atoms with Crippen molar-refractivity contribution in [3.8, 4) is 17.3 Å². The average molecular weight is 463 g/mol.